The number of hydrogen-bond donors (Lipinski definition) is 0. The molecule has 0 amide bonds. The third kappa shape index (κ3) is 1.92. The lowest BCUT2D eigenvalue weighted by Gasteiger charge is -2.38. The first-order valence-corrected chi connectivity index (χ1v) is 4.76. The molecule has 1 saturated heterocycles. The number of nitrogens with zero attached hydrogens (tertiary/aromatic N) is 2. The average Bonchev–Trinajstić information content (AvgIpc) is 2.20. The minimum atomic E-state index is 0.425. The van der Waals surface area contributed by atoms with Gasteiger partial charge in [0.25, 0.3) is 0 Å². The van der Waals surface area contributed by atoms with Crippen LogP contribution in [0.2, 0.25) is 0 Å². The predicted molar refractivity (Wildman–Crippen MR) is 52.2 cm³/mol. The summed E-state index contributed by atoms with van der Waals surface area (Å²) in [6.45, 7) is 3.80. The number of allylic oxidation sites excluding steroid dienone is 2. The third-order valence-electron chi connectivity index (χ3n) is 2.55. The van der Waals surface area contributed by atoms with Crippen molar-refractivity contribution in [2.45, 2.75) is 6.17 Å². The Balaban J connectivity index is 1.98. The molecule has 1 unspecified atom stereocenters. The maximum atomic E-state index is 5.32. The second-order valence-electron chi connectivity index (χ2n) is 3.45. The van der Waals surface area contributed by atoms with Gasteiger partial charge in [-0.1, -0.05) is 6.08 Å². The highest BCUT2D eigenvalue weighted by molar-refractivity contribution is 5.12. The van der Waals surface area contributed by atoms with E-state index in [2.05, 4.69) is 41.3 Å². The van der Waals surface area contributed by atoms with Gasteiger partial charge in [0.05, 0.1) is 13.2 Å². The van der Waals surface area contributed by atoms with Gasteiger partial charge in [0.1, 0.15) is 6.17 Å². The van der Waals surface area contributed by atoms with Crippen molar-refractivity contribution in [2.75, 3.05) is 33.4 Å². The zero-order valence-electron chi connectivity index (χ0n) is 8.02. The molecule has 13 heavy (non-hydrogen) atoms. The molecular weight excluding hydrogens is 164 g/mol. The van der Waals surface area contributed by atoms with Crippen molar-refractivity contribution in [2.24, 2.45) is 0 Å². The van der Waals surface area contributed by atoms with Gasteiger partial charge >= 0.3 is 0 Å². The Bertz CT molecular complexity index is 219. The zero-order chi connectivity index (χ0) is 9.10. The van der Waals surface area contributed by atoms with Crippen LogP contribution in [0.15, 0.2) is 24.4 Å². The van der Waals surface area contributed by atoms with E-state index in [9.17, 15) is 0 Å². The van der Waals surface area contributed by atoms with Crippen LogP contribution in [0.5, 0.6) is 0 Å². The second kappa shape index (κ2) is 3.94. The first-order valence-electron chi connectivity index (χ1n) is 4.76. The molecule has 0 bridgehead atoms. The van der Waals surface area contributed by atoms with Crippen molar-refractivity contribution in [1.29, 1.82) is 0 Å². The Morgan fingerprint density at radius 2 is 2.00 bits per heavy atom. The average molecular weight is 180 g/mol. The lowest BCUT2D eigenvalue weighted by molar-refractivity contribution is 0.000169. The Morgan fingerprint density at radius 3 is 2.69 bits per heavy atom. The topological polar surface area (TPSA) is 15.7 Å². The zero-order valence-corrected chi connectivity index (χ0v) is 8.02. The first-order chi connectivity index (χ1) is 6.38. The molecule has 1 fully saturated rings. The summed E-state index contributed by atoms with van der Waals surface area (Å²) in [7, 11) is 2.11. The van der Waals surface area contributed by atoms with Gasteiger partial charge in [-0.3, -0.25) is 4.90 Å². The Hall–Kier alpha value is -0.800. The molecule has 2 heterocycles. The fraction of sp³-hybridized carbons (Fsp3) is 0.600. The van der Waals surface area contributed by atoms with Gasteiger partial charge in [-0.2, -0.15) is 0 Å². The Kier molecular flexibility index (Phi) is 2.66. The molecule has 2 aliphatic rings. The summed E-state index contributed by atoms with van der Waals surface area (Å²) in [6.07, 6.45) is 8.94. The standard InChI is InChI=1S/C10H16N2O/c1-11-5-3-2-4-10(11)12-6-8-13-9-7-12/h2-5,10H,6-9H2,1H3. The van der Waals surface area contributed by atoms with Gasteiger partial charge in [0.15, 0.2) is 0 Å². The van der Waals surface area contributed by atoms with E-state index in [1.165, 1.54) is 0 Å². The summed E-state index contributed by atoms with van der Waals surface area (Å²) in [5, 5.41) is 0. The molecule has 0 radical (unpaired) electrons. The molecule has 0 saturated carbocycles. The van der Waals surface area contributed by atoms with E-state index in [0.717, 1.165) is 26.3 Å². The second-order valence-corrected chi connectivity index (χ2v) is 3.45. The molecule has 0 aliphatic carbocycles. The lowest BCUT2D eigenvalue weighted by atomic mass is 10.2. The number of ether oxygens (including phenoxy) is 1. The van der Waals surface area contributed by atoms with Crippen LogP contribution in [0, 0.1) is 0 Å². The highest BCUT2D eigenvalue weighted by Gasteiger charge is 2.21. The maximum absolute atomic E-state index is 5.32. The molecule has 2 rings (SSSR count). The van der Waals surface area contributed by atoms with E-state index < -0.39 is 0 Å². The number of rotatable bonds is 1. The fourth-order valence-electron chi connectivity index (χ4n) is 1.79. The van der Waals surface area contributed by atoms with Gasteiger partial charge in [0, 0.05) is 26.3 Å². The SMILES string of the molecule is CN1C=CC=CC1N1CCOCC1. The largest absolute Gasteiger partial charge is 0.379 e. The van der Waals surface area contributed by atoms with Crippen molar-refractivity contribution in [3.05, 3.63) is 24.4 Å². The van der Waals surface area contributed by atoms with E-state index in [0.29, 0.717) is 6.17 Å². The van der Waals surface area contributed by atoms with Crippen molar-refractivity contribution in [1.82, 2.24) is 9.80 Å². The summed E-state index contributed by atoms with van der Waals surface area (Å²) in [5.41, 5.74) is 0. The first kappa shape index (κ1) is 8.78. The van der Waals surface area contributed by atoms with Crippen LogP contribution in [0.4, 0.5) is 0 Å². The van der Waals surface area contributed by atoms with E-state index in [-0.39, 0.29) is 0 Å². The lowest BCUT2D eigenvalue weighted by Crippen LogP contribution is -2.49. The maximum Gasteiger partial charge on any atom is 0.101 e. The van der Waals surface area contributed by atoms with Crippen LogP contribution < -0.4 is 0 Å². The molecule has 2 aliphatic heterocycles. The molecular formula is C10H16N2O. The van der Waals surface area contributed by atoms with E-state index in [1.54, 1.807) is 0 Å². The molecule has 0 spiro atoms. The smallest absolute Gasteiger partial charge is 0.101 e. The molecule has 1 atom stereocenters. The van der Waals surface area contributed by atoms with Crippen LogP contribution in [-0.4, -0.2) is 49.3 Å². The highest BCUT2D eigenvalue weighted by atomic mass is 16.5. The monoisotopic (exact) mass is 180 g/mol. The van der Waals surface area contributed by atoms with Crippen LogP contribution in [0.3, 0.4) is 0 Å². The van der Waals surface area contributed by atoms with Gasteiger partial charge in [-0.25, -0.2) is 0 Å². The molecule has 0 N–H and O–H groups in total. The van der Waals surface area contributed by atoms with Gasteiger partial charge < -0.3 is 9.64 Å². The number of hydrogen-bond acceptors (Lipinski definition) is 3. The third-order valence-corrected chi connectivity index (χ3v) is 2.55. The molecule has 3 heteroatoms. The molecule has 0 aromatic rings. The van der Waals surface area contributed by atoms with Crippen molar-refractivity contribution in [3.63, 3.8) is 0 Å². The quantitative estimate of drug-likeness (QED) is 0.589. The van der Waals surface area contributed by atoms with Crippen LogP contribution in [0.25, 0.3) is 0 Å². The minimum absolute atomic E-state index is 0.425. The van der Waals surface area contributed by atoms with Crippen LogP contribution in [-0.2, 0) is 4.74 Å². The molecule has 3 nitrogen and oxygen atoms in total. The van der Waals surface area contributed by atoms with Gasteiger partial charge in [-0.15, -0.1) is 0 Å². The Labute approximate surface area is 79.3 Å². The van der Waals surface area contributed by atoms with Crippen molar-refractivity contribution < 1.29 is 4.74 Å². The summed E-state index contributed by atoms with van der Waals surface area (Å²) in [5.74, 6) is 0. The predicted octanol–water partition coefficient (Wildman–Crippen LogP) is 0.660. The summed E-state index contributed by atoms with van der Waals surface area (Å²) >= 11 is 0. The van der Waals surface area contributed by atoms with E-state index >= 15 is 0 Å². The normalized spacial score (nSPS) is 29.6. The number of morpholine rings is 1. The van der Waals surface area contributed by atoms with Crippen molar-refractivity contribution >= 4 is 0 Å². The van der Waals surface area contributed by atoms with E-state index in [4.69, 9.17) is 4.74 Å². The molecule has 72 valence electrons. The summed E-state index contributed by atoms with van der Waals surface area (Å²) in [6, 6.07) is 0. The van der Waals surface area contributed by atoms with Crippen molar-refractivity contribution in [3.8, 4) is 0 Å². The molecule has 0 aromatic carbocycles. The van der Waals surface area contributed by atoms with Crippen LogP contribution in [0.1, 0.15) is 0 Å². The van der Waals surface area contributed by atoms with Gasteiger partial charge in [-0.05, 0) is 12.2 Å². The van der Waals surface area contributed by atoms with Gasteiger partial charge in [0.2, 0.25) is 0 Å². The summed E-state index contributed by atoms with van der Waals surface area (Å²) < 4.78 is 5.32. The molecule has 0 aromatic heterocycles. The number of likely N-dealkylation sites (N-methyl/N-ethyl adjacent to an activating group) is 1. The van der Waals surface area contributed by atoms with E-state index in [1.807, 2.05) is 0 Å². The highest BCUT2D eigenvalue weighted by Crippen LogP contribution is 2.12. The minimum Gasteiger partial charge on any atom is -0.379 e. The summed E-state index contributed by atoms with van der Waals surface area (Å²) in [4.78, 5) is 4.66. The fourth-order valence-corrected chi connectivity index (χ4v) is 1.79. The Morgan fingerprint density at radius 1 is 1.23 bits per heavy atom. The van der Waals surface area contributed by atoms with Crippen LogP contribution >= 0.6 is 0 Å².